The number of hydrogen-bond acceptors (Lipinski definition) is 2. The zero-order chi connectivity index (χ0) is 11.7. The van der Waals surface area contributed by atoms with Crippen LogP contribution in [0.4, 0.5) is 0 Å². The summed E-state index contributed by atoms with van der Waals surface area (Å²) < 4.78 is 0. The van der Waals surface area contributed by atoms with Crippen LogP contribution in [0, 0.1) is 0 Å². The summed E-state index contributed by atoms with van der Waals surface area (Å²) in [5, 5.41) is 3.44. The van der Waals surface area contributed by atoms with Crippen LogP contribution in [0.25, 0.3) is 0 Å². The predicted molar refractivity (Wildman–Crippen MR) is 69.4 cm³/mol. The smallest absolute Gasteiger partial charge is 0.0147 e. The van der Waals surface area contributed by atoms with Crippen molar-refractivity contribution in [3.05, 3.63) is 0 Å². The van der Waals surface area contributed by atoms with Crippen molar-refractivity contribution in [2.75, 3.05) is 26.7 Å². The van der Waals surface area contributed by atoms with Crippen LogP contribution in [0.1, 0.15) is 53.4 Å². The first-order chi connectivity index (χ1) is 7.04. The summed E-state index contributed by atoms with van der Waals surface area (Å²) in [4.78, 5) is 2.48. The van der Waals surface area contributed by atoms with Gasteiger partial charge in [0.05, 0.1) is 0 Å². The standard InChI is InChI=1S/C13H30N2/c1-6-10-14-11-8-9-12-15(5)13(3,4)7-2/h14H,6-12H2,1-5H3. The van der Waals surface area contributed by atoms with Crippen LogP contribution >= 0.6 is 0 Å². The number of nitrogens with one attached hydrogen (secondary N) is 1. The van der Waals surface area contributed by atoms with Crippen LogP contribution in [0.15, 0.2) is 0 Å². The van der Waals surface area contributed by atoms with Gasteiger partial charge in [0.2, 0.25) is 0 Å². The monoisotopic (exact) mass is 214 g/mol. The lowest BCUT2D eigenvalue weighted by atomic mass is 10.00. The van der Waals surface area contributed by atoms with E-state index in [-0.39, 0.29) is 0 Å². The van der Waals surface area contributed by atoms with E-state index in [4.69, 9.17) is 0 Å². The third kappa shape index (κ3) is 6.91. The van der Waals surface area contributed by atoms with Gasteiger partial charge in [-0.2, -0.15) is 0 Å². The summed E-state index contributed by atoms with van der Waals surface area (Å²) in [6.45, 7) is 12.7. The van der Waals surface area contributed by atoms with Crippen LogP contribution in [0.3, 0.4) is 0 Å². The highest BCUT2D eigenvalue weighted by molar-refractivity contribution is 4.76. The average Bonchev–Trinajstić information content (AvgIpc) is 2.22. The van der Waals surface area contributed by atoms with Gasteiger partial charge in [-0.3, -0.25) is 0 Å². The van der Waals surface area contributed by atoms with Gasteiger partial charge in [0.15, 0.2) is 0 Å². The maximum absolute atomic E-state index is 3.44. The Morgan fingerprint density at radius 3 is 2.27 bits per heavy atom. The van der Waals surface area contributed by atoms with Gasteiger partial charge in [0.1, 0.15) is 0 Å². The number of hydrogen-bond donors (Lipinski definition) is 1. The average molecular weight is 214 g/mol. The lowest BCUT2D eigenvalue weighted by Crippen LogP contribution is -2.41. The zero-order valence-electron chi connectivity index (χ0n) is 11.4. The first-order valence-corrected chi connectivity index (χ1v) is 6.46. The highest BCUT2D eigenvalue weighted by atomic mass is 15.2. The van der Waals surface area contributed by atoms with Crippen molar-refractivity contribution in [2.24, 2.45) is 0 Å². The SMILES string of the molecule is CCCNCCCCN(C)C(C)(C)CC. The second-order valence-corrected chi connectivity index (χ2v) is 5.04. The molecule has 0 bridgehead atoms. The fraction of sp³-hybridized carbons (Fsp3) is 1.00. The van der Waals surface area contributed by atoms with Gasteiger partial charge >= 0.3 is 0 Å². The van der Waals surface area contributed by atoms with Crippen molar-refractivity contribution in [1.82, 2.24) is 10.2 Å². The highest BCUT2D eigenvalue weighted by Gasteiger charge is 2.19. The van der Waals surface area contributed by atoms with Crippen molar-refractivity contribution < 1.29 is 0 Å². The van der Waals surface area contributed by atoms with E-state index in [0.717, 1.165) is 6.54 Å². The van der Waals surface area contributed by atoms with Crippen LogP contribution in [0.5, 0.6) is 0 Å². The van der Waals surface area contributed by atoms with Gasteiger partial charge in [-0.1, -0.05) is 13.8 Å². The summed E-state index contributed by atoms with van der Waals surface area (Å²) in [5.41, 5.74) is 0.358. The second-order valence-electron chi connectivity index (χ2n) is 5.04. The third-order valence-electron chi connectivity index (χ3n) is 3.42. The lowest BCUT2D eigenvalue weighted by molar-refractivity contribution is 0.148. The Balaban J connectivity index is 3.43. The Morgan fingerprint density at radius 2 is 1.73 bits per heavy atom. The Kier molecular flexibility index (Phi) is 8.07. The van der Waals surface area contributed by atoms with Crippen molar-refractivity contribution in [3.8, 4) is 0 Å². The molecule has 0 saturated carbocycles. The van der Waals surface area contributed by atoms with Gasteiger partial charge in [0.25, 0.3) is 0 Å². The molecule has 0 aliphatic rings. The van der Waals surface area contributed by atoms with Gasteiger partial charge in [0, 0.05) is 5.54 Å². The van der Waals surface area contributed by atoms with Gasteiger partial charge in [-0.05, 0) is 66.2 Å². The zero-order valence-corrected chi connectivity index (χ0v) is 11.4. The predicted octanol–water partition coefficient (Wildman–Crippen LogP) is 2.89. The summed E-state index contributed by atoms with van der Waals surface area (Å²) in [6.07, 6.45) is 5.06. The summed E-state index contributed by atoms with van der Waals surface area (Å²) >= 11 is 0. The first-order valence-electron chi connectivity index (χ1n) is 6.46. The van der Waals surface area contributed by atoms with E-state index in [1.54, 1.807) is 0 Å². The number of rotatable bonds is 9. The molecule has 2 nitrogen and oxygen atoms in total. The minimum absolute atomic E-state index is 0.358. The minimum Gasteiger partial charge on any atom is -0.317 e. The number of unbranched alkanes of at least 4 members (excludes halogenated alkanes) is 1. The molecular weight excluding hydrogens is 184 g/mol. The molecule has 0 aromatic rings. The molecule has 0 unspecified atom stereocenters. The molecule has 1 N–H and O–H groups in total. The summed E-state index contributed by atoms with van der Waals surface area (Å²) in [5.74, 6) is 0. The fourth-order valence-corrected chi connectivity index (χ4v) is 1.47. The molecule has 0 radical (unpaired) electrons. The summed E-state index contributed by atoms with van der Waals surface area (Å²) in [6, 6.07) is 0. The normalized spacial score (nSPS) is 12.4. The topological polar surface area (TPSA) is 15.3 Å². The van der Waals surface area contributed by atoms with Crippen molar-refractivity contribution in [1.29, 1.82) is 0 Å². The van der Waals surface area contributed by atoms with E-state index >= 15 is 0 Å². The van der Waals surface area contributed by atoms with Crippen molar-refractivity contribution in [2.45, 2.75) is 58.9 Å². The maximum atomic E-state index is 3.44. The quantitative estimate of drug-likeness (QED) is 0.594. The van der Waals surface area contributed by atoms with Crippen molar-refractivity contribution in [3.63, 3.8) is 0 Å². The van der Waals surface area contributed by atoms with E-state index in [0.29, 0.717) is 5.54 Å². The van der Waals surface area contributed by atoms with Crippen LogP contribution in [-0.2, 0) is 0 Å². The highest BCUT2D eigenvalue weighted by Crippen LogP contribution is 2.16. The molecule has 0 aromatic heterocycles. The summed E-state index contributed by atoms with van der Waals surface area (Å²) in [7, 11) is 2.24. The molecule has 0 heterocycles. The molecule has 15 heavy (non-hydrogen) atoms. The fourth-order valence-electron chi connectivity index (χ4n) is 1.47. The van der Waals surface area contributed by atoms with E-state index in [1.807, 2.05) is 0 Å². The molecule has 0 aliphatic heterocycles. The van der Waals surface area contributed by atoms with Gasteiger partial charge in [-0.25, -0.2) is 0 Å². The van der Waals surface area contributed by atoms with E-state index < -0.39 is 0 Å². The molecule has 92 valence electrons. The Hall–Kier alpha value is -0.0800. The van der Waals surface area contributed by atoms with Crippen molar-refractivity contribution >= 4 is 0 Å². The van der Waals surface area contributed by atoms with Gasteiger partial charge < -0.3 is 10.2 Å². The molecule has 0 rings (SSSR count). The van der Waals surface area contributed by atoms with E-state index in [9.17, 15) is 0 Å². The number of nitrogens with zero attached hydrogens (tertiary/aromatic N) is 1. The Morgan fingerprint density at radius 1 is 1.07 bits per heavy atom. The molecule has 2 heteroatoms. The minimum atomic E-state index is 0.358. The molecule has 0 saturated heterocycles. The maximum Gasteiger partial charge on any atom is 0.0147 e. The Bertz CT molecular complexity index is 143. The largest absolute Gasteiger partial charge is 0.317 e. The van der Waals surface area contributed by atoms with Crippen LogP contribution in [0.2, 0.25) is 0 Å². The van der Waals surface area contributed by atoms with Crippen LogP contribution in [-0.4, -0.2) is 37.1 Å². The Labute approximate surface area is 96.4 Å². The third-order valence-corrected chi connectivity index (χ3v) is 3.42. The second kappa shape index (κ2) is 8.12. The molecule has 0 aromatic carbocycles. The molecule has 0 aliphatic carbocycles. The van der Waals surface area contributed by atoms with E-state index in [2.05, 4.69) is 45.0 Å². The molecule has 0 spiro atoms. The van der Waals surface area contributed by atoms with Gasteiger partial charge in [-0.15, -0.1) is 0 Å². The lowest BCUT2D eigenvalue weighted by Gasteiger charge is -2.34. The molecule has 0 atom stereocenters. The first kappa shape index (κ1) is 14.9. The van der Waals surface area contributed by atoms with Crippen LogP contribution < -0.4 is 5.32 Å². The molecular formula is C13H30N2. The van der Waals surface area contributed by atoms with E-state index in [1.165, 1.54) is 38.8 Å². The molecule has 0 amide bonds. The molecule has 0 fully saturated rings.